The van der Waals surface area contributed by atoms with Gasteiger partial charge in [0.05, 0.1) is 25.8 Å². The summed E-state index contributed by atoms with van der Waals surface area (Å²) in [6.45, 7) is 2.14. The fourth-order valence-electron chi connectivity index (χ4n) is 1.93. The van der Waals surface area contributed by atoms with E-state index in [9.17, 15) is 10.1 Å². The molecule has 0 unspecified atom stereocenters. The molecule has 124 valence electrons. The maximum absolute atomic E-state index is 12.1. The number of nitrogens with one attached hydrogen (secondary N) is 1. The number of ether oxygens (including phenoxy) is 3. The van der Waals surface area contributed by atoms with E-state index in [0.717, 1.165) is 0 Å². The molecule has 23 heavy (non-hydrogen) atoms. The van der Waals surface area contributed by atoms with Gasteiger partial charge in [0, 0.05) is 13.2 Å². The minimum absolute atomic E-state index is 0.0451. The molecule has 0 saturated heterocycles. The molecule has 0 radical (unpaired) electrons. The molecule has 1 N–H and O–H groups in total. The highest BCUT2D eigenvalue weighted by Gasteiger charge is 2.14. The number of carbonyl (C=O) groups excluding carboxylic acids is 1. The zero-order chi connectivity index (χ0) is 17.4. The van der Waals surface area contributed by atoms with E-state index in [4.69, 9.17) is 25.8 Å². The fraction of sp³-hybridized carbons (Fsp3) is 0.375. The second-order valence-electron chi connectivity index (χ2n) is 4.74. The average molecular weight is 339 g/mol. The number of hydrogen-bond acceptors (Lipinski definition) is 5. The molecule has 1 amide bonds. The smallest absolute Gasteiger partial charge is 0.262 e. The average Bonchev–Trinajstić information content (AvgIpc) is 2.51. The molecule has 0 aliphatic heterocycles. The second kappa shape index (κ2) is 9.03. The first kappa shape index (κ1) is 18.8. The molecule has 0 spiro atoms. The topological polar surface area (TPSA) is 80.6 Å². The maximum atomic E-state index is 12.1. The number of hydrogen-bond donors (Lipinski definition) is 1. The van der Waals surface area contributed by atoms with Gasteiger partial charge < -0.3 is 19.5 Å². The second-order valence-corrected chi connectivity index (χ2v) is 5.15. The van der Waals surface area contributed by atoms with Gasteiger partial charge in [-0.2, -0.15) is 5.26 Å². The van der Waals surface area contributed by atoms with E-state index in [-0.39, 0.29) is 11.6 Å². The monoisotopic (exact) mass is 338 g/mol. The van der Waals surface area contributed by atoms with Crippen LogP contribution >= 0.6 is 11.6 Å². The summed E-state index contributed by atoms with van der Waals surface area (Å²) in [5, 5.41) is 12.2. The Kier molecular flexibility index (Phi) is 7.39. The van der Waals surface area contributed by atoms with Crippen molar-refractivity contribution in [3.05, 3.63) is 28.3 Å². The molecule has 7 heteroatoms. The summed E-state index contributed by atoms with van der Waals surface area (Å²) in [7, 11) is 4.49. The third-order valence-electron chi connectivity index (χ3n) is 2.93. The van der Waals surface area contributed by atoms with Gasteiger partial charge in [0.2, 0.25) is 0 Å². The third-order valence-corrected chi connectivity index (χ3v) is 3.21. The number of rotatable bonds is 7. The van der Waals surface area contributed by atoms with E-state index < -0.39 is 5.91 Å². The Morgan fingerprint density at radius 3 is 2.61 bits per heavy atom. The van der Waals surface area contributed by atoms with E-state index in [0.29, 0.717) is 28.7 Å². The number of benzene rings is 1. The van der Waals surface area contributed by atoms with Crippen molar-refractivity contribution in [2.75, 3.05) is 27.9 Å². The van der Waals surface area contributed by atoms with Gasteiger partial charge in [0.15, 0.2) is 11.5 Å². The van der Waals surface area contributed by atoms with Crippen LogP contribution in [0.2, 0.25) is 5.02 Å². The highest BCUT2D eigenvalue weighted by molar-refractivity contribution is 6.32. The molecule has 0 aromatic heterocycles. The molecule has 1 aromatic rings. The van der Waals surface area contributed by atoms with Crippen LogP contribution in [0.25, 0.3) is 6.08 Å². The number of nitrogens with zero attached hydrogens (tertiary/aromatic N) is 1. The van der Waals surface area contributed by atoms with Crippen LogP contribution in [0.15, 0.2) is 17.7 Å². The summed E-state index contributed by atoms with van der Waals surface area (Å²) in [5.74, 6) is 0.322. The lowest BCUT2D eigenvalue weighted by Gasteiger charge is -2.12. The van der Waals surface area contributed by atoms with Crippen LogP contribution < -0.4 is 14.8 Å². The van der Waals surface area contributed by atoms with Crippen LogP contribution in [0.1, 0.15) is 12.5 Å². The van der Waals surface area contributed by atoms with Crippen LogP contribution in [0.5, 0.6) is 11.5 Å². The summed E-state index contributed by atoms with van der Waals surface area (Å²) in [6, 6.07) is 4.89. The van der Waals surface area contributed by atoms with E-state index >= 15 is 0 Å². The maximum Gasteiger partial charge on any atom is 0.262 e. The molecule has 0 aliphatic rings. The van der Waals surface area contributed by atoms with Crippen LogP contribution in [-0.2, 0) is 9.53 Å². The predicted molar refractivity (Wildman–Crippen MR) is 87.6 cm³/mol. The Balaban J connectivity index is 3.09. The number of carbonyl (C=O) groups is 1. The molecule has 6 nitrogen and oxygen atoms in total. The quantitative estimate of drug-likeness (QED) is 0.610. The predicted octanol–water partition coefficient (Wildman–Crippen LogP) is 2.42. The highest BCUT2D eigenvalue weighted by atomic mass is 35.5. The molecule has 1 aromatic carbocycles. The summed E-state index contributed by atoms with van der Waals surface area (Å²) in [5.41, 5.74) is 0.509. The van der Waals surface area contributed by atoms with Gasteiger partial charge in [-0.15, -0.1) is 0 Å². The zero-order valence-electron chi connectivity index (χ0n) is 13.5. The fourth-order valence-corrected chi connectivity index (χ4v) is 2.23. The first-order chi connectivity index (χ1) is 11.0. The van der Waals surface area contributed by atoms with Gasteiger partial charge in [-0.1, -0.05) is 11.6 Å². The summed E-state index contributed by atoms with van der Waals surface area (Å²) in [4.78, 5) is 12.1. The standard InChI is InChI=1S/C16H19ClN2O4/c1-10(9-21-2)19-16(20)12(8-18)5-11-6-13(17)15(23-4)14(7-11)22-3/h5-7,10H,9H2,1-4H3,(H,19,20)/b12-5+/t10-/m1/s1. The van der Waals surface area contributed by atoms with Crippen molar-refractivity contribution in [3.8, 4) is 17.6 Å². The van der Waals surface area contributed by atoms with Crippen molar-refractivity contribution in [1.82, 2.24) is 5.32 Å². The summed E-state index contributed by atoms with van der Waals surface area (Å²) >= 11 is 6.11. The minimum Gasteiger partial charge on any atom is -0.493 e. The highest BCUT2D eigenvalue weighted by Crippen LogP contribution is 2.36. The molecule has 0 fully saturated rings. The van der Waals surface area contributed by atoms with Crippen molar-refractivity contribution in [2.24, 2.45) is 0 Å². The van der Waals surface area contributed by atoms with Crippen LogP contribution in [0.3, 0.4) is 0 Å². The Morgan fingerprint density at radius 2 is 2.09 bits per heavy atom. The van der Waals surface area contributed by atoms with Crippen LogP contribution in [0.4, 0.5) is 0 Å². The van der Waals surface area contributed by atoms with E-state index in [2.05, 4.69) is 5.32 Å². The molecule has 0 bridgehead atoms. The first-order valence-corrected chi connectivity index (χ1v) is 7.17. The molecule has 1 atom stereocenters. The molecule has 0 saturated carbocycles. The molecule has 0 heterocycles. The van der Waals surface area contributed by atoms with E-state index in [1.165, 1.54) is 27.4 Å². The van der Waals surface area contributed by atoms with Gasteiger partial charge in [-0.05, 0) is 30.7 Å². The Labute approximate surface area is 140 Å². The van der Waals surface area contributed by atoms with Crippen molar-refractivity contribution in [1.29, 1.82) is 5.26 Å². The number of halogens is 1. The third kappa shape index (κ3) is 5.16. The normalized spacial score (nSPS) is 12.3. The molecule has 0 aliphatic carbocycles. The molecular formula is C16H19ClN2O4. The summed E-state index contributed by atoms with van der Waals surface area (Å²) in [6.07, 6.45) is 1.43. The lowest BCUT2D eigenvalue weighted by atomic mass is 10.1. The van der Waals surface area contributed by atoms with Crippen molar-refractivity contribution >= 4 is 23.6 Å². The van der Waals surface area contributed by atoms with Crippen LogP contribution in [0, 0.1) is 11.3 Å². The van der Waals surface area contributed by atoms with Gasteiger partial charge >= 0.3 is 0 Å². The Hall–Kier alpha value is -2.23. The molecule has 1 rings (SSSR count). The SMILES string of the molecule is COC[C@@H](C)NC(=O)/C(C#N)=C/c1cc(Cl)c(OC)c(OC)c1. The largest absolute Gasteiger partial charge is 0.493 e. The number of nitriles is 1. The van der Waals surface area contributed by atoms with E-state index in [1.807, 2.05) is 6.07 Å². The van der Waals surface area contributed by atoms with Gasteiger partial charge in [-0.3, -0.25) is 4.79 Å². The van der Waals surface area contributed by atoms with Crippen LogP contribution in [-0.4, -0.2) is 39.9 Å². The zero-order valence-corrected chi connectivity index (χ0v) is 14.2. The van der Waals surface area contributed by atoms with Gasteiger partial charge in [-0.25, -0.2) is 0 Å². The number of amides is 1. The minimum atomic E-state index is -0.483. The summed E-state index contributed by atoms with van der Waals surface area (Å²) < 4.78 is 15.3. The lowest BCUT2D eigenvalue weighted by molar-refractivity contribution is -0.117. The van der Waals surface area contributed by atoms with Gasteiger partial charge in [0.1, 0.15) is 11.6 Å². The Bertz CT molecular complexity index is 638. The van der Waals surface area contributed by atoms with Crippen molar-refractivity contribution in [3.63, 3.8) is 0 Å². The van der Waals surface area contributed by atoms with E-state index in [1.54, 1.807) is 19.1 Å². The lowest BCUT2D eigenvalue weighted by Crippen LogP contribution is -2.36. The number of methoxy groups -OCH3 is 3. The van der Waals surface area contributed by atoms with Crippen molar-refractivity contribution < 1.29 is 19.0 Å². The first-order valence-electron chi connectivity index (χ1n) is 6.79. The van der Waals surface area contributed by atoms with Crippen molar-refractivity contribution in [2.45, 2.75) is 13.0 Å². The molecular weight excluding hydrogens is 320 g/mol. The van der Waals surface area contributed by atoms with Gasteiger partial charge in [0.25, 0.3) is 5.91 Å². The Morgan fingerprint density at radius 1 is 1.39 bits per heavy atom.